The quantitative estimate of drug-likeness (QED) is 0.564. The molecule has 0 saturated heterocycles. The van der Waals surface area contributed by atoms with Crippen LogP contribution in [0.4, 0.5) is 4.39 Å². The van der Waals surface area contributed by atoms with E-state index in [2.05, 4.69) is 11.9 Å². The van der Waals surface area contributed by atoms with Crippen LogP contribution in [0.3, 0.4) is 0 Å². The first-order valence-corrected chi connectivity index (χ1v) is 9.44. The summed E-state index contributed by atoms with van der Waals surface area (Å²) in [5, 5.41) is 3.86. The molecule has 28 heavy (non-hydrogen) atoms. The van der Waals surface area contributed by atoms with Crippen molar-refractivity contribution in [3.63, 3.8) is 0 Å². The Morgan fingerprint density at radius 2 is 2.07 bits per heavy atom. The SMILES string of the molecule is C=CCOc1cccc2c1cc(C(=O)NC(C)CC)n2Cc1cccc(F)c1. The van der Waals surface area contributed by atoms with Crippen LogP contribution in [-0.4, -0.2) is 23.1 Å². The van der Waals surface area contributed by atoms with Gasteiger partial charge in [0.1, 0.15) is 23.9 Å². The Hall–Kier alpha value is -3.08. The molecule has 146 valence electrons. The normalized spacial score (nSPS) is 12.0. The molecule has 0 saturated carbocycles. The maximum Gasteiger partial charge on any atom is 0.268 e. The van der Waals surface area contributed by atoms with Gasteiger partial charge in [-0.2, -0.15) is 0 Å². The number of aromatic nitrogens is 1. The Morgan fingerprint density at radius 3 is 2.79 bits per heavy atom. The number of carbonyl (C=O) groups is 1. The number of nitrogens with zero attached hydrogens (tertiary/aromatic N) is 1. The van der Waals surface area contributed by atoms with E-state index in [1.165, 1.54) is 12.1 Å². The van der Waals surface area contributed by atoms with E-state index in [1.54, 1.807) is 12.1 Å². The molecule has 3 aromatic rings. The van der Waals surface area contributed by atoms with Gasteiger partial charge in [-0.3, -0.25) is 4.79 Å². The van der Waals surface area contributed by atoms with E-state index in [-0.39, 0.29) is 17.8 Å². The second-order valence-corrected chi connectivity index (χ2v) is 6.82. The Morgan fingerprint density at radius 1 is 1.29 bits per heavy atom. The summed E-state index contributed by atoms with van der Waals surface area (Å²) >= 11 is 0. The van der Waals surface area contributed by atoms with E-state index in [4.69, 9.17) is 4.74 Å². The number of carbonyl (C=O) groups excluding carboxylic acids is 1. The van der Waals surface area contributed by atoms with Crippen molar-refractivity contribution in [2.45, 2.75) is 32.9 Å². The predicted molar refractivity (Wildman–Crippen MR) is 110 cm³/mol. The molecule has 2 aromatic carbocycles. The topological polar surface area (TPSA) is 43.3 Å². The minimum Gasteiger partial charge on any atom is -0.489 e. The number of ether oxygens (including phenoxy) is 1. The first-order chi connectivity index (χ1) is 13.5. The number of halogens is 1. The van der Waals surface area contributed by atoms with Gasteiger partial charge in [-0.1, -0.05) is 37.8 Å². The highest BCUT2D eigenvalue weighted by Crippen LogP contribution is 2.30. The molecular formula is C23H25FN2O2. The van der Waals surface area contributed by atoms with Crippen LogP contribution in [0.5, 0.6) is 5.75 Å². The van der Waals surface area contributed by atoms with E-state index < -0.39 is 0 Å². The van der Waals surface area contributed by atoms with E-state index in [0.717, 1.165) is 22.9 Å². The molecule has 0 spiro atoms. The van der Waals surface area contributed by atoms with Crippen LogP contribution >= 0.6 is 0 Å². The molecule has 1 amide bonds. The first kappa shape index (κ1) is 19.7. The van der Waals surface area contributed by atoms with Crippen molar-refractivity contribution in [1.29, 1.82) is 0 Å². The van der Waals surface area contributed by atoms with Gasteiger partial charge in [-0.05, 0) is 49.2 Å². The van der Waals surface area contributed by atoms with Gasteiger partial charge in [0.25, 0.3) is 5.91 Å². The standard InChI is InChI=1S/C23H25FN2O2/c1-4-12-28-22-11-7-10-20-19(22)14-21(23(27)25-16(3)5-2)26(20)15-17-8-6-9-18(24)13-17/h4,6-11,13-14,16H,1,5,12,15H2,2-3H3,(H,25,27). The molecule has 0 bridgehead atoms. The molecule has 0 aliphatic heterocycles. The van der Waals surface area contributed by atoms with E-state index >= 15 is 0 Å². The average molecular weight is 380 g/mol. The number of rotatable bonds is 8. The molecule has 0 aliphatic carbocycles. The Kier molecular flexibility index (Phi) is 6.14. The number of fused-ring (bicyclic) bond motifs is 1. The molecule has 1 N–H and O–H groups in total. The van der Waals surface area contributed by atoms with Crippen molar-refractivity contribution >= 4 is 16.8 Å². The van der Waals surface area contributed by atoms with E-state index in [9.17, 15) is 9.18 Å². The lowest BCUT2D eigenvalue weighted by molar-refractivity contribution is 0.0931. The molecule has 0 radical (unpaired) electrons. The molecule has 1 aromatic heterocycles. The summed E-state index contributed by atoms with van der Waals surface area (Å²) in [6.07, 6.45) is 2.52. The molecule has 3 rings (SSSR count). The van der Waals surface area contributed by atoms with Crippen LogP contribution < -0.4 is 10.1 Å². The third kappa shape index (κ3) is 4.25. The largest absolute Gasteiger partial charge is 0.489 e. The van der Waals surface area contributed by atoms with Crippen LogP contribution in [0.1, 0.15) is 36.3 Å². The molecular weight excluding hydrogens is 355 g/mol. The summed E-state index contributed by atoms with van der Waals surface area (Å²) in [7, 11) is 0. The summed E-state index contributed by atoms with van der Waals surface area (Å²) in [4.78, 5) is 12.9. The molecule has 1 unspecified atom stereocenters. The van der Waals surface area contributed by atoms with Gasteiger partial charge in [0.15, 0.2) is 0 Å². The van der Waals surface area contributed by atoms with Crippen molar-refractivity contribution in [2.24, 2.45) is 0 Å². The molecule has 0 aliphatic rings. The van der Waals surface area contributed by atoms with Gasteiger partial charge < -0.3 is 14.6 Å². The summed E-state index contributed by atoms with van der Waals surface area (Å²) in [6.45, 7) is 8.44. The number of hydrogen-bond acceptors (Lipinski definition) is 2. The fourth-order valence-corrected chi connectivity index (χ4v) is 3.11. The van der Waals surface area contributed by atoms with E-state index in [0.29, 0.717) is 24.6 Å². The number of amides is 1. The predicted octanol–water partition coefficient (Wildman–Crippen LogP) is 4.92. The van der Waals surface area contributed by atoms with Crippen molar-refractivity contribution in [3.8, 4) is 5.75 Å². The van der Waals surface area contributed by atoms with Crippen molar-refractivity contribution < 1.29 is 13.9 Å². The van der Waals surface area contributed by atoms with Crippen LogP contribution in [-0.2, 0) is 6.54 Å². The van der Waals surface area contributed by atoms with Gasteiger partial charge in [-0.25, -0.2) is 4.39 Å². The smallest absolute Gasteiger partial charge is 0.268 e. The monoisotopic (exact) mass is 380 g/mol. The lowest BCUT2D eigenvalue weighted by Gasteiger charge is -2.14. The Labute approximate surface area is 164 Å². The third-order valence-corrected chi connectivity index (χ3v) is 4.71. The van der Waals surface area contributed by atoms with Gasteiger partial charge in [0.05, 0.1) is 5.52 Å². The third-order valence-electron chi connectivity index (χ3n) is 4.71. The summed E-state index contributed by atoms with van der Waals surface area (Å²) in [5.41, 5.74) is 2.17. The molecule has 0 fully saturated rings. The summed E-state index contributed by atoms with van der Waals surface area (Å²) in [5.74, 6) is 0.235. The average Bonchev–Trinajstić information content (AvgIpc) is 3.05. The van der Waals surface area contributed by atoms with Crippen molar-refractivity contribution in [3.05, 3.63) is 78.3 Å². The fraction of sp³-hybridized carbons (Fsp3) is 0.261. The highest BCUT2D eigenvalue weighted by Gasteiger charge is 2.19. The van der Waals surface area contributed by atoms with Crippen LogP contribution in [0.2, 0.25) is 0 Å². The summed E-state index contributed by atoms with van der Waals surface area (Å²) < 4.78 is 21.3. The minimum absolute atomic E-state index is 0.0598. The van der Waals surface area contributed by atoms with Gasteiger partial charge in [0.2, 0.25) is 0 Å². The maximum absolute atomic E-state index is 13.7. The molecule has 5 heteroatoms. The summed E-state index contributed by atoms with van der Waals surface area (Å²) in [6, 6.07) is 14.0. The van der Waals surface area contributed by atoms with Crippen LogP contribution in [0.25, 0.3) is 10.9 Å². The zero-order valence-corrected chi connectivity index (χ0v) is 16.2. The number of nitrogens with one attached hydrogen (secondary N) is 1. The first-order valence-electron chi connectivity index (χ1n) is 9.44. The van der Waals surface area contributed by atoms with Crippen molar-refractivity contribution in [1.82, 2.24) is 9.88 Å². The second kappa shape index (κ2) is 8.74. The zero-order chi connectivity index (χ0) is 20.1. The zero-order valence-electron chi connectivity index (χ0n) is 16.2. The number of benzene rings is 2. The highest BCUT2D eigenvalue weighted by atomic mass is 19.1. The van der Waals surface area contributed by atoms with Crippen LogP contribution in [0.15, 0.2) is 61.2 Å². The Balaban J connectivity index is 2.10. The van der Waals surface area contributed by atoms with Gasteiger partial charge in [0, 0.05) is 18.0 Å². The number of hydrogen-bond donors (Lipinski definition) is 1. The van der Waals surface area contributed by atoms with Crippen LogP contribution in [0, 0.1) is 5.82 Å². The van der Waals surface area contributed by atoms with Crippen molar-refractivity contribution in [2.75, 3.05) is 6.61 Å². The minimum atomic E-state index is -0.297. The highest BCUT2D eigenvalue weighted by molar-refractivity contribution is 6.00. The molecule has 1 atom stereocenters. The molecule has 1 heterocycles. The second-order valence-electron chi connectivity index (χ2n) is 6.82. The fourth-order valence-electron chi connectivity index (χ4n) is 3.11. The molecule has 4 nitrogen and oxygen atoms in total. The van der Waals surface area contributed by atoms with E-state index in [1.807, 2.05) is 48.7 Å². The van der Waals surface area contributed by atoms with Gasteiger partial charge >= 0.3 is 0 Å². The lowest BCUT2D eigenvalue weighted by atomic mass is 10.2. The van der Waals surface area contributed by atoms with Gasteiger partial charge in [-0.15, -0.1) is 0 Å². The maximum atomic E-state index is 13.7. The lowest BCUT2D eigenvalue weighted by Crippen LogP contribution is -2.33. The Bertz CT molecular complexity index is 993.